The van der Waals surface area contributed by atoms with E-state index in [-0.39, 0.29) is 11.9 Å². The molecule has 0 heterocycles. The zero-order valence-corrected chi connectivity index (χ0v) is 9.40. The number of ether oxygens (including phenoxy) is 2. The Morgan fingerprint density at radius 1 is 1.47 bits per heavy atom. The first-order valence-corrected chi connectivity index (χ1v) is 4.97. The third-order valence-electron chi connectivity index (χ3n) is 1.81. The summed E-state index contributed by atoms with van der Waals surface area (Å²) in [4.78, 5) is 0. The van der Waals surface area contributed by atoms with E-state index in [2.05, 4.69) is 10.5 Å². The van der Waals surface area contributed by atoms with E-state index in [9.17, 15) is 0 Å². The summed E-state index contributed by atoms with van der Waals surface area (Å²) in [5.74, 6) is 0.232. The zero-order valence-electron chi connectivity index (χ0n) is 9.40. The van der Waals surface area contributed by atoms with Crippen molar-refractivity contribution in [2.24, 2.45) is 10.9 Å². The second-order valence-electron chi connectivity index (χ2n) is 3.26. The van der Waals surface area contributed by atoms with Gasteiger partial charge in [0.1, 0.15) is 5.84 Å². The van der Waals surface area contributed by atoms with Gasteiger partial charge in [-0.25, -0.2) is 0 Å². The van der Waals surface area contributed by atoms with Crippen LogP contribution in [-0.4, -0.2) is 50.6 Å². The molecule has 0 fully saturated rings. The Morgan fingerprint density at radius 2 is 2.20 bits per heavy atom. The van der Waals surface area contributed by atoms with Gasteiger partial charge in [-0.3, -0.25) is 0 Å². The molecule has 0 aliphatic rings. The molecule has 1 unspecified atom stereocenters. The number of nitrogens with two attached hydrogens (primary N) is 1. The Balaban J connectivity index is 3.27. The highest BCUT2D eigenvalue weighted by Gasteiger charge is 2.03. The van der Waals surface area contributed by atoms with Crippen LogP contribution in [0.3, 0.4) is 0 Å². The fourth-order valence-electron chi connectivity index (χ4n) is 1.05. The Labute approximate surface area is 90.4 Å². The van der Waals surface area contributed by atoms with Crippen molar-refractivity contribution in [3.05, 3.63) is 0 Å². The highest BCUT2D eigenvalue weighted by molar-refractivity contribution is 5.80. The fraction of sp³-hybridized carbons (Fsp3) is 0.889. The molecule has 0 bridgehead atoms. The van der Waals surface area contributed by atoms with Gasteiger partial charge < -0.3 is 25.7 Å². The van der Waals surface area contributed by atoms with Crippen LogP contribution in [0.4, 0.5) is 0 Å². The van der Waals surface area contributed by atoms with Crippen LogP contribution in [0.1, 0.15) is 13.3 Å². The molecule has 0 aromatic heterocycles. The lowest BCUT2D eigenvalue weighted by Crippen LogP contribution is -2.33. The van der Waals surface area contributed by atoms with E-state index in [0.717, 1.165) is 6.54 Å². The predicted octanol–water partition coefficient (Wildman–Crippen LogP) is -0.236. The van der Waals surface area contributed by atoms with E-state index in [4.69, 9.17) is 20.4 Å². The number of rotatable bonds is 9. The second kappa shape index (κ2) is 9.70. The van der Waals surface area contributed by atoms with Gasteiger partial charge in [0.2, 0.25) is 0 Å². The van der Waals surface area contributed by atoms with E-state index in [1.54, 1.807) is 7.11 Å². The van der Waals surface area contributed by atoms with Gasteiger partial charge in [-0.05, 0) is 6.92 Å². The molecule has 0 aliphatic heterocycles. The minimum Gasteiger partial charge on any atom is -0.409 e. The summed E-state index contributed by atoms with van der Waals surface area (Å²) in [5, 5.41) is 14.4. The van der Waals surface area contributed by atoms with Crippen molar-refractivity contribution in [3.63, 3.8) is 0 Å². The highest BCUT2D eigenvalue weighted by Crippen LogP contribution is 1.89. The van der Waals surface area contributed by atoms with E-state index in [1.165, 1.54) is 0 Å². The van der Waals surface area contributed by atoms with Crippen LogP contribution >= 0.6 is 0 Å². The van der Waals surface area contributed by atoms with Gasteiger partial charge in [-0.2, -0.15) is 0 Å². The molecule has 0 rings (SSSR count). The molecule has 0 amide bonds. The van der Waals surface area contributed by atoms with Crippen molar-refractivity contribution >= 4 is 5.84 Å². The molecule has 6 heteroatoms. The van der Waals surface area contributed by atoms with Crippen LogP contribution in [0, 0.1) is 0 Å². The quantitative estimate of drug-likeness (QED) is 0.164. The molecule has 90 valence electrons. The molecule has 0 saturated heterocycles. The van der Waals surface area contributed by atoms with E-state index in [0.29, 0.717) is 26.2 Å². The number of methoxy groups -OCH3 is 1. The maximum atomic E-state index is 8.35. The summed E-state index contributed by atoms with van der Waals surface area (Å²) in [7, 11) is 1.64. The van der Waals surface area contributed by atoms with Gasteiger partial charge in [0, 0.05) is 26.1 Å². The maximum absolute atomic E-state index is 8.35. The van der Waals surface area contributed by atoms with Crippen molar-refractivity contribution in [1.29, 1.82) is 0 Å². The first kappa shape index (κ1) is 14.2. The highest BCUT2D eigenvalue weighted by atomic mass is 16.5. The lowest BCUT2D eigenvalue weighted by Gasteiger charge is -2.12. The van der Waals surface area contributed by atoms with E-state index >= 15 is 0 Å². The zero-order chi connectivity index (χ0) is 11.5. The monoisotopic (exact) mass is 219 g/mol. The third-order valence-corrected chi connectivity index (χ3v) is 1.81. The van der Waals surface area contributed by atoms with Gasteiger partial charge >= 0.3 is 0 Å². The molecule has 15 heavy (non-hydrogen) atoms. The second-order valence-corrected chi connectivity index (χ2v) is 3.26. The number of oxime groups is 1. The number of hydrogen-bond acceptors (Lipinski definition) is 5. The Morgan fingerprint density at radius 3 is 2.80 bits per heavy atom. The van der Waals surface area contributed by atoms with Crippen molar-refractivity contribution < 1.29 is 14.7 Å². The Bertz CT molecular complexity index is 176. The number of hydrogen-bond donors (Lipinski definition) is 3. The number of nitrogens with zero attached hydrogens (tertiary/aromatic N) is 1. The van der Waals surface area contributed by atoms with Gasteiger partial charge in [-0.15, -0.1) is 0 Å². The molecule has 0 aliphatic carbocycles. The number of amidine groups is 1. The van der Waals surface area contributed by atoms with Crippen LogP contribution in [0.5, 0.6) is 0 Å². The summed E-state index contributed by atoms with van der Waals surface area (Å²) in [6.07, 6.45) is 0.522. The summed E-state index contributed by atoms with van der Waals surface area (Å²) in [5.41, 5.74) is 5.36. The fourth-order valence-corrected chi connectivity index (χ4v) is 1.05. The molecule has 0 aromatic carbocycles. The standard InChI is InChI=1S/C9H21N3O3/c1-8(7-9(10)12-13)11-3-4-15-6-5-14-2/h8,11,13H,3-7H2,1-2H3,(H2,10,12). The van der Waals surface area contributed by atoms with Gasteiger partial charge in [-0.1, -0.05) is 5.16 Å². The molecule has 6 nitrogen and oxygen atoms in total. The van der Waals surface area contributed by atoms with Crippen LogP contribution in [-0.2, 0) is 9.47 Å². The largest absolute Gasteiger partial charge is 0.409 e. The van der Waals surface area contributed by atoms with Crippen LogP contribution in [0.2, 0.25) is 0 Å². The summed E-state index contributed by atoms with van der Waals surface area (Å²) >= 11 is 0. The van der Waals surface area contributed by atoms with Crippen LogP contribution in [0.15, 0.2) is 5.16 Å². The Kier molecular flexibility index (Phi) is 9.15. The molecule has 0 spiro atoms. The minimum atomic E-state index is 0.173. The molecule has 0 aromatic rings. The van der Waals surface area contributed by atoms with Crippen LogP contribution < -0.4 is 11.1 Å². The molecule has 1 atom stereocenters. The summed E-state index contributed by atoms with van der Waals surface area (Å²) < 4.78 is 10.1. The van der Waals surface area contributed by atoms with Crippen molar-refractivity contribution in [2.75, 3.05) is 33.5 Å². The van der Waals surface area contributed by atoms with Crippen molar-refractivity contribution in [1.82, 2.24) is 5.32 Å². The molecular formula is C9H21N3O3. The lowest BCUT2D eigenvalue weighted by atomic mass is 10.2. The molecule has 0 saturated carbocycles. The molecular weight excluding hydrogens is 198 g/mol. The topological polar surface area (TPSA) is 89.1 Å². The first-order valence-electron chi connectivity index (χ1n) is 4.97. The van der Waals surface area contributed by atoms with E-state index < -0.39 is 0 Å². The predicted molar refractivity (Wildman–Crippen MR) is 58.2 cm³/mol. The smallest absolute Gasteiger partial charge is 0.140 e. The molecule has 4 N–H and O–H groups in total. The number of nitrogens with one attached hydrogen (secondary N) is 1. The summed E-state index contributed by atoms with van der Waals surface area (Å²) in [6, 6.07) is 0.173. The summed E-state index contributed by atoms with van der Waals surface area (Å²) in [6.45, 7) is 4.55. The lowest BCUT2D eigenvalue weighted by molar-refractivity contribution is 0.0713. The molecule has 0 radical (unpaired) electrons. The normalized spacial score (nSPS) is 14.1. The van der Waals surface area contributed by atoms with E-state index in [1.807, 2.05) is 6.92 Å². The van der Waals surface area contributed by atoms with Crippen molar-refractivity contribution in [2.45, 2.75) is 19.4 Å². The van der Waals surface area contributed by atoms with Gasteiger partial charge in [0.25, 0.3) is 0 Å². The maximum Gasteiger partial charge on any atom is 0.140 e. The first-order chi connectivity index (χ1) is 7.20. The SMILES string of the molecule is COCCOCCNC(C)CC(N)=NO. The van der Waals surface area contributed by atoms with Crippen LogP contribution in [0.25, 0.3) is 0 Å². The van der Waals surface area contributed by atoms with Gasteiger partial charge in [0.05, 0.1) is 19.8 Å². The third kappa shape index (κ3) is 9.45. The van der Waals surface area contributed by atoms with Gasteiger partial charge in [0.15, 0.2) is 0 Å². The minimum absolute atomic E-state index is 0.173. The average Bonchev–Trinajstić information content (AvgIpc) is 2.23. The average molecular weight is 219 g/mol. The Hall–Kier alpha value is -0.850. The van der Waals surface area contributed by atoms with Crippen molar-refractivity contribution in [3.8, 4) is 0 Å².